The predicted molar refractivity (Wildman–Crippen MR) is 405 cm³/mol. The summed E-state index contributed by atoms with van der Waals surface area (Å²) in [6.45, 7) is 33.7. The average molecular weight is 1470 g/mol. The van der Waals surface area contributed by atoms with E-state index < -0.39 is 161 Å². The van der Waals surface area contributed by atoms with Crippen LogP contribution in [0.4, 0.5) is 0 Å². The van der Waals surface area contributed by atoms with Crippen molar-refractivity contribution < 1.29 is 67.3 Å². The number of morpholine rings is 1. The number of hydrogen-bond acceptors (Lipinski definition) is 16. The van der Waals surface area contributed by atoms with E-state index in [-0.39, 0.29) is 62.9 Å². The fourth-order valence-corrected chi connectivity index (χ4v) is 14.2. The van der Waals surface area contributed by atoms with Crippen LogP contribution >= 0.6 is 0 Å². The molecule has 2 aliphatic rings. The molecule has 3 rings (SSSR count). The average Bonchev–Trinajstić information content (AvgIpc) is 0.814. The molecule has 0 bridgehead atoms. The fraction of sp³-hybridized carbons (Fsp3) is 0.785. The summed E-state index contributed by atoms with van der Waals surface area (Å²) in [7, 11) is 10.8. The molecule has 1 aromatic rings. The van der Waals surface area contributed by atoms with Gasteiger partial charge in [0.2, 0.25) is 53.2 Å². The lowest BCUT2D eigenvalue weighted by atomic mass is 9.85. The number of ether oxygens (including phenoxy) is 2. The fourth-order valence-electron chi connectivity index (χ4n) is 14.2. The number of nitrogens with one attached hydrogen (secondary N) is 3. The number of aliphatic hydroxyl groups is 1. The van der Waals surface area contributed by atoms with Crippen LogP contribution in [-0.4, -0.2) is 271 Å². The summed E-state index contributed by atoms with van der Waals surface area (Å²) in [6, 6.07) is -1.18. The molecule has 0 radical (unpaired) electrons. The van der Waals surface area contributed by atoms with Crippen LogP contribution in [0.1, 0.15) is 193 Å². The molecule has 25 nitrogen and oxygen atoms in total. The number of benzene rings is 1. The van der Waals surface area contributed by atoms with Crippen LogP contribution in [0.3, 0.4) is 0 Å². The van der Waals surface area contributed by atoms with Gasteiger partial charge in [0.25, 0.3) is 0 Å². The van der Waals surface area contributed by atoms with E-state index in [1.807, 2.05) is 59.7 Å². The van der Waals surface area contributed by atoms with Gasteiger partial charge in [-0.2, -0.15) is 0 Å². The maximum atomic E-state index is 15.3. The van der Waals surface area contributed by atoms with Gasteiger partial charge in [0.1, 0.15) is 48.3 Å². The van der Waals surface area contributed by atoms with Crippen molar-refractivity contribution in [3.05, 3.63) is 35.9 Å². The van der Waals surface area contributed by atoms with E-state index in [9.17, 15) is 24.3 Å². The summed E-state index contributed by atoms with van der Waals surface area (Å²) in [4.78, 5) is 177. The molecule has 0 aliphatic carbocycles. The summed E-state index contributed by atoms with van der Waals surface area (Å²) in [5.41, 5.74) is 1.19. The third-order valence-corrected chi connectivity index (χ3v) is 21.1. The van der Waals surface area contributed by atoms with E-state index >= 15 is 33.6 Å². The number of carbonyl (C=O) groups excluding carboxylic acids is 11. The van der Waals surface area contributed by atoms with E-state index in [4.69, 9.17) is 9.47 Å². The first-order valence-electron chi connectivity index (χ1n) is 38.6. The molecule has 4 N–H and O–H groups in total. The first-order chi connectivity index (χ1) is 48.7. The van der Waals surface area contributed by atoms with Crippen LogP contribution in [0.2, 0.25) is 0 Å². The van der Waals surface area contributed by atoms with Gasteiger partial charge in [0.15, 0.2) is 11.6 Å². The second-order valence-corrected chi connectivity index (χ2v) is 32.0. The molecule has 14 atom stereocenters. The molecule has 25 heteroatoms. The zero-order valence-corrected chi connectivity index (χ0v) is 67.8. The minimum absolute atomic E-state index is 0.00128. The lowest BCUT2D eigenvalue weighted by Crippen LogP contribution is -2.63. The Bertz CT molecular complexity index is 2910. The molecule has 2 aliphatic heterocycles. The van der Waals surface area contributed by atoms with Crippen molar-refractivity contribution in [2.75, 3.05) is 95.3 Å². The highest BCUT2D eigenvalue weighted by Crippen LogP contribution is 2.28. The summed E-state index contributed by atoms with van der Waals surface area (Å²) in [5.74, 6) is -10.9. The number of rotatable bonds is 26. The van der Waals surface area contributed by atoms with Crippen LogP contribution in [0.25, 0.3) is 0 Å². The predicted octanol–water partition coefficient (Wildman–Crippen LogP) is 6.69. The maximum absolute atomic E-state index is 15.3. The highest BCUT2D eigenvalue weighted by molar-refractivity contribution is 6.00. The van der Waals surface area contributed by atoms with Crippen LogP contribution in [0.5, 0.6) is 0 Å². The number of nitrogens with zero attached hydrogens (tertiary/aromatic N) is 8. The summed E-state index contributed by atoms with van der Waals surface area (Å²) < 4.78 is 12.0. The molecule has 0 saturated carbocycles. The second kappa shape index (κ2) is 44.7. The van der Waals surface area contributed by atoms with Gasteiger partial charge in [0.05, 0.1) is 31.5 Å². The Balaban J connectivity index is 2.27. The Morgan fingerprint density at radius 3 is 1.63 bits per heavy atom. The number of amides is 9. The van der Waals surface area contributed by atoms with Gasteiger partial charge >= 0.3 is 0 Å². The van der Waals surface area contributed by atoms with E-state index in [2.05, 4.69) is 44.9 Å². The highest BCUT2D eigenvalue weighted by Gasteiger charge is 2.45. The molecule has 2 heterocycles. The lowest BCUT2D eigenvalue weighted by Gasteiger charge is -2.40. The number of ketones is 2. The SMILES string of the molecule is CC[C@@H]1NC(=O)[C@H]([C@H](O)[C@H](C)CCCCCN(C)Cc2ccccc2)NC(=O)[C@H](C(C)C)N(C)C(=O)[C@H](CC(C)C)N(C)C(=O)[C@H](CC(C)C)N(C)C(=O)[C@@H](C)NC(=O)[C@H](C)CC(=O)[C@H](CC(C)C)N(C)C(=O)[C@H](C(C)C)CC(=O)[C@H]([C@@H](C)OCCCCN2CCOCC2)N(C)C(=O)[C@@H](C)N(C)C1=O. The van der Waals surface area contributed by atoms with Gasteiger partial charge in [0, 0.05) is 93.2 Å². The molecule has 104 heavy (non-hydrogen) atoms. The molecular formula is C79H137N11O14. The van der Waals surface area contributed by atoms with Crippen molar-refractivity contribution in [2.45, 2.75) is 261 Å². The number of aliphatic hydroxyl groups excluding tert-OH is 1. The first kappa shape index (κ1) is 91.8. The van der Waals surface area contributed by atoms with Crippen molar-refractivity contribution in [3.63, 3.8) is 0 Å². The van der Waals surface area contributed by atoms with Crippen LogP contribution in [0.15, 0.2) is 30.3 Å². The Hall–Kier alpha value is -6.41. The molecule has 2 saturated heterocycles. The number of hydrogen-bond donors (Lipinski definition) is 4. The van der Waals surface area contributed by atoms with Crippen molar-refractivity contribution in [1.82, 2.24) is 55.1 Å². The van der Waals surface area contributed by atoms with E-state index in [1.165, 1.54) is 91.1 Å². The van der Waals surface area contributed by atoms with E-state index in [0.717, 1.165) is 52.0 Å². The van der Waals surface area contributed by atoms with Gasteiger partial charge in [-0.15, -0.1) is 0 Å². The lowest BCUT2D eigenvalue weighted by molar-refractivity contribution is -0.154. The monoisotopic (exact) mass is 1460 g/mol. The zero-order chi connectivity index (χ0) is 78.7. The molecule has 1 aromatic carbocycles. The van der Waals surface area contributed by atoms with Gasteiger partial charge in [-0.3, -0.25) is 57.6 Å². The highest BCUT2D eigenvalue weighted by atomic mass is 16.5. The molecule has 0 spiro atoms. The van der Waals surface area contributed by atoms with Gasteiger partial charge in [-0.25, -0.2) is 0 Å². The molecule has 0 aromatic heterocycles. The van der Waals surface area contributed by atoms with Crippen LogP contribution in [0, 0.1) is 47.3 Å². The molecule has 592 valence electrons. The quantitative estimate of drug-likeness (QED) is 0.0702. The molecule has 2 fully saturated rings. The molecular weight excluding hydrogens is 1330 g/mol. The van der Waals surface area contributed by atoms with Gasteiger partial charge in [-0.05, 0) is 133 Å². The maximum Gasteiger partial charge on any atom is 0.245 e. The summed E-state index contributed by atoms with van der Waals surface area (Å²) in [5, 5.41) is 20.9. The summed E-state index contributed by atoms with van der Waals surface area (Å²) >= 11 is 0. The standard InChI is InChI=1S/C79H137N11O14/c1-24-61-77(100)84(18)57(15)75(98)89(23)69(58(16)104-40-32-31-37-90-38-41-103-42-39-90)66(92)47-60(52(8)9)76(99)85(19)62(43-49(2)3)65(91)46-55(13)71(94)80-56(14)74(97)86(20)63(44-50(4)5)78(101)87(21)64(45-51(6)7)79(102)88(22)68(53(10)11)73(96)82-67(72(95)81-61)70(93)54(12)33-27-26-30-36-83(17)48-59-34-28-25-29-35-59/h25,28-29,34-35,49-58,60-64,67-70,93H,24,26-27,30-33,36-48H2,1-23H3,(H,80,94)(H,81,95)(H,82,96)/t54-,55-,56-,57-,58-,60+,61+,62+,63+,64+,67+,68+,69+,70-/m1/s1. The second-order valence-electron chi connectivity index (χ2n) is 32.0. The Morgan fingerprint density at radius 2 is 1.09 bits per heavy atom. The first-order valence-corrected chi connectivity index (χ1v) is 38.6. The minimum Gasteiger partial charge on any atom is -0.390 e. The smallest absolute Gasteiger partial charge is 0.245 e. The number of carbonyl (C=O) groups is 11. The minimum atomic E-state index is -1.68. The zero-order valence-electron chi connectivity index (χ0n) is 67.8. The molecule has 9 amide bonds. The van der Waals surface area contributed by atoms with Crippen molar-refractivity contribution >= 4 is 64.7 Å². The topological polar surface area (TPSA) is 288 Å². The van der Waals surface area contributed by atoms with Crippen molar-refractivity contribution in [1.29, 1.82) is 0 Å². The van der Waals surface area contributed by atoms with E-state index in [1.54, 1.807) is 55.4 Å². The third kappa shape index (κ3) is 27.7. The Kier molecular flexibility index (Phi) is 39.4. The number of unbranched alkanes of at least 4 members (excludes halogenated alkanes) is 3. The van der Waals surface area contributed by atoms with E-state index in [0.29, 0.717) is 32.5 Å². The Labute approximate surface area is 624 Å². The van der Waals surface area contributed by atoms with Crippen molar-refractivity contribution in [2.24, 2.45) is 47.3 Å². The van der Waals surface area contributed by atoms with Crippen LogP contribution in [-0.2, 0) is 68.8 Å². The normalized spacial score (nSPS) is 26.2. The number of likely N-dealkylation sites (N-methyl/N-ethyl adjacent to an activating group) is 6. The largest absolute Gasteiger partial charge is 0.390 e. The third-order valence-electron chi connectivity index (χ3n) is 21.1. The summed E-state index contributed by atoms with van der Waals surface area (Å²) in [6.07, 6.45) is 1.64. The van der Waals surface area contributed by atoms with Gasteiger partial charge < -0.3 is 64.8 Å². The van der Waals surface area contributed by atoms with Crippen molar-refractivity contribution in [3.8, 4) is 0 Å². The Morgan fingerprint density at radius 1 is 0.548 bits per heavy atom. The molecule has 0 unspecified atom stereocenters. The van der Waals surface area contributed by atoms with Crippen LogP contribution < -0.4 is 16.0 Å². The van der Waals surface area contributed by atoms with Gasteiger partial charge in [-0.1, -0.05) is 133 Å². The number of Topliss-reactive ketones (excluding diaryl/α,β-unsaturated/α-hetero) is 2.